The number of nitrogens with zero attached hydrogens (tertiary/aromatic N) is 3. The van der Waals surface area contributed by atoms with Crippen molar-refractivity contribution in [1.29, 1.82) is 5.26 Å². The standard InChI is InChI=1S/C11H15N5OS/c1-7-8(6-12)11(16-2-4-17-5-3-16)18-9(7)10(13)15-14/h2-5,14H2,1H3,(H2,13,15). The van der Waals surface area contributed by atoms with Crippen LogP contribution in [-0.2, 0) is 4.74 Å². The molecule has 6 nitrogen and oxygen atoms in total. The molecule has 7 heteroatoms. The molecule has 0 saturated carbocycles. The molecule has 0 spiro atoms. The molecular weight excluding hydrogens is 250 g/mol. The first kappa shape index (κ1) is 12.7. The van der Waals surface area contributed by atoms with E-state index < -0.39 is 0 Å². The Balaban J connectivity index is 2.44. The summed E-state index contributed by atoms with van der Waals surface area (Å²) in [5.74, 6) is 5.48. The van der Waals surface area contributed by atoms with Crippen molar-refractivity contribution in [3.05, 3.63) is 16.0 Å². The van der Waals surface area contributed by atoms with Crippen LogP contribution in [-0.4, -0.2) is 32.1 Å². The number of morpholine rings is 1. The molecule has 96 valence electrons. The van der Waals surface area contributed by atoms with Gasteiger partial charge in [0.05, 0.1) is 23.7 Å². The number of amidine groups is 1. The third-order valence-electron chi connectivity index (χ3n) is 2.91. The monoisotopic (exact) mass is 265 g/mol. The zero-order valence-electron chi connectivity index (χ0n) is 10.1. The minimum atomic E-state index is 0.272. The van der Waals surface area contributed by atoms with Crippen molar-refractivity contribution in [1.82, 2.24) is 0 Å². The Labute approximate surface area is 109 Å². The van der Waals surface area contributed by atoms with E-state index in [0.717, 1.165) is 28.5 Å². The topological polar surface area (TPSA) is 101 Å². The summed E-state index contributed by atoms with van der Waals surface area (Å²) in [5.41, 5.74) is 7.24. The quantitative estimate of drug-likeness (QED) is 0.347. The molecule has 0 atom stereocenters. The van der Waals surface area contributed by atoms with Gasteiger partial charge in [-0.3, -0.25) is 0 Å². The maximum Gasteiger partial charge on any atom is 0.160 e. The minimum absolute atomic E-state index is 0.272. The SMILES string of the molecule is Cc1c(/C(N)=N/N)sc(N2CCOCC2)c1C#N. The van der Waals surface area contributed by atoms with Gasteiger partial charge in [0.25, 0.3) is 0 Å². The molecule has 0 aliphatic carbocycles. The van der Waals surface area contributed by atoms with Crippen molar-refractivity contribution in [3.63, 3.8) is 0 Å². The molecule has 1 saturated heterocycles. The van der Waals surface area contributed by atoms with Gasteiger partial charge < -0.3 is 21.2 Å². The van der Waals surface area contributed by atoms with Crippen molar-refractivity contribution in [2.75, 3.05) is 31.2 Å². The van der Waals surface area contributed by atoms with E-state index in [1.807, 2.05) is 6.92 Å². The molecule has 18 heavy (non-hydrogen) atoms. The first-order valence-corrected chi connectivity index (χ1v) is 6.40. The highest BCUT2D eigenvalue weighted by Gasteiger charge is 2.22. The second-order valence-corrected chi connectivity index (χ2v) is 4.96. The summed E-state index contributed by atoms with van der Waals surface area (Å²) < 4.78 is 5.31. The number of ether oxygens (including phenoxy) is 1. The molecule has 1 aliphatic rings. The van der Waals surface area contributed by atoms with Crippen molar-refractivity contribution in [2.24, 2.45) is 16.7 Å². The van der Waals surface area contributed by atoms with Crippen LogP contribution in [0.5, 0.6) is 0 Å². The number of rotatable bonds is 2. The van der Waals surface area contributed by atoms with Crippen molar-refractivity contribution < 1.29 is 4.74 Å². The molecule has 0 bridgehead atoms. The molecular formula is C11H15N5OS. The summed E-state index contributed by atoms with van der Waals surface area (Å²) in [5, 5.41) is 13.7. The van der Waals surface area contributed by atoms with E-state index in [1.54, 1.807) is 0 Å². The lowest BCUT2D eigenvalue weighted by Gasteiger charge is -2.27. The molecule has 1 fully saturated rings. The Morgan fingerprint density at radius 3 is 2.72 bits per heavy atom. The van der Waals surface area contributed by atoms with Crippen LogP contribution in [0.15, 0.2) is 5.10 Å². The van der Waals surface area contributed by atoms with E-state index in [4.69, 9.17) is 16.3 Å². The van der Waals surface area contributed by atoms with Crippen LogP contribution >= 0.6 is 11.3 Å². The zero-order chi connectivity index (χ0) is 13.1. The number of nitrogens with two attached hydrogens (primary N) is 2. The maximum absolute atomic E-state index is 9.28. The van der Waals surface area contributed by atoms with E-state index >= 15 is 0 Å². The molecule has 1 aliphatic heterocycles. The van der Waals surface area contributed by atoms with Gasteiger partial charge in [0.15, 0.2) is 5.84 Å². The van der Waals surface area contributed by atoms with Gasteiger partial charge in [-0.15, -0.1) is 11.3 Å². The van der Waals surface area contributed by atoms with Crippen molar-refractivity contribution in [3.8, 4) is 6.07 Å². The van der Waals surface area contributed by atoms with Crippen LogP contribution < -0.4 is 16.5 Å². The van der Waals surface area contributed by atoms with Gasteiger partial charge in [0.1, 0.15) is 11.1 Å². The van der Waals surface area contributed by atoms with Crippen molar-refractivity contribution >= 4 is 22.2 Å². The number of hydrazone groups is 1. The lowest BCUT2D eigenvalue weighted by molar-refractivity contribution is 0.123. The Morgan fingerprint density at radius 2 is 2.17 bits per heavy atom. The van der Waals surface area contributed by atoms with E-state index in [0.29, 0.717) is 18.8 Å². The molecule has 0 unspecified atom stereocenters. The molecule has 0 aromatic carbocycles. The van der Waals surface area contributed by atoms with Crippen LogP contribution in [0.1, 0.15) is 16.0 Å². The Bertz CT molecular complexity index is 510. The van der Waals surface area contributed by atoms with Gasteiger partial charge in [0.2, 0.25) is 0 Å². The van der Waals surface area contributed by atoms with Crippen LogP contribution in [0.25, 0.3) is 0 Å². The summed E-state index contributed by atoms with van der Waals surface area (Å²) in [6.45, 7) is 4.79. The molecule has 2 rings (SSSR count). The molecule has 1 aromatic rings. The van der Waals surface area contributed by atoms with Gasteiger partial charge in [-0.1, -0.05) is 0 Å². The first-order valence-electron chi connectivity index (χ1n) is 5.59. The Morgan fingerprint density at radius 1 is 1.50 bits per heavy atom. The van der Waals surface area contributed by atoms with E-state index in [1.165, 1.54) is 11.3 Å². The molecule has 4 N–H and O–H groups in total. The van der Waals surface area contributed by atoms with Gasteiger partial charge in [-0.05, 0) is 12.5 Å². The number of anilines is 1. The smallest absolute Gasteiger partial charge is 0.160 e. The van der Waals surface area contributed by atoms with Gasteiger partial charge in [-0.25, -0.2) is 0 Å². The number of nitriles is 1. The fraction of sp³-hybridized carbons (Fsp3) is 0.455. The summed E-state index contributed by atoms with van der Waals surface area (Å²) >= 11 is 1.46. The van der Waals surface area contributed by atoms with Crippen LogP contribution in [0.4, 0.5) is 5.00 Å². The molecule has 0 radical (unpaired) electrons. The zero-order valence-corrected chi connectivity index (χ0v) is 11.0. The van der Waals surface area contributed by atoms with Gasteiger partial charge in [0, 0.05) is 13.1 Å². The summed E-state index contributed by atoms with van der Waals surface area (Å²) in [4.78, 5) is 2.92. The Kier molecular flexibility index (Phi) is 3.69. The Hall–Kier alpha value is -1.78. The fourth-order valence-electron chi connectivity index (χ4n) is 1.92. The third-order valence-corrected chi connectivity index (χ3v) is 4.29. The number of hydrogen-bond donors (Lipinski definition) is 2. The van der Waals surface area contributed by atoms with Crippen LogP contribution in [0.2, 0.25) is 0 Å². The molecule has 0 amide bonds. The summed E-state index contributed by atoms with van der Waals surface area (Å²) in [7, 11) is 0. The average molecular weight is 265 g/mol. The van der Waals surface area contributed by atoms with Crippen molar-refractivity contribution in [2.45, 2.75) is 6.92 Å². The lowest BCUT2D eigenvalue weighted by Crippen LogP contribution is -2.36. The molecule has 2 heterocycles. The van der Waals surface area contributed by atoms with E-state index in [-0.39, 0.29) is 5.84 Å². The molecule has 1 aromatic heterocycles. The fourth-order valence-corrected chi connectivity index (χ4v) is 3.14. The highest BCUT2D eigenvalue weighted by molar-refractivity contribution is 7.18. The highest BCUT2D eigenvalue weighted by Crippen LogP contribution is 2.35. The van der Waals surface area contributed by atoms with Crippen LogP contribution in [0, 0.1) is 18.3 Å². The summed E-state index contributed by atoms with van der Waals surface area (Å²) in [6.07, 6.45) is 0. The van der Waals surface area contributed by atoms with E-state index in [2.05, 4.69) is 16.1 Å². The second-order valence-electron chi connectivity index (χ2n) is 3.96. The lowest BCUT2D eigenvalue weighted by atomic mass is 10.1. The van der Waals surface area contributed by atoms with Crippen LogP contribution in [0.3, 0.4) is 0 Å². The van der Waals surface area contributed by atoms with Gasteiger partial charge in [-0.2, -0.15) is 10.4 Å². The predicted octanol–water partition coefficient (Wildman–Crippen LogP) is 0.344. The second kappa shape index (κ2) is 5.25. The minimum Gasteiger partial charge on any atom is -0.381 e. The maximum atomic E-state index is 9.28. The predicted molar refractivity (Wildman–Crippen MR) is 71.7 cm³/mol. The number of thiophene rings is 1. The first-order chi connectivity index (χ1) is 8.69. The summed E-state index contributed by atoms with van der Waals surface area (Å²) in [6, 6.07) is 2.24. The highest BCUT2D eigenvalue weighted by atomic mass is 32.1. The third kappa shape index (κ3) is 2.12. The van der Waals surface area contributed by atoms with E-state index in [9.17, 15) is 5.26 Å². The normalized spacial score (nSPS) is 16.7. The largest absolute Gasteiger partial charge is 0.381 e. The van der Waals surface area contributed by atoms with Gasteiger partial charge >= 0.3 is 0 Å². The number of hydrogen-bond acceptors (Lipinski definition) is 6. The average Bonchev–Trinajstić information content (AvgIpc) is 2.76.